The zero-order valence-electron chi connectivity index (χ0n) is 11.5. The lowest BCUT2D eigenvalue weighted by atomic mass is 10.0. The van der Waals surface area contributed by atoms with E-state index in [1.165, 1.54) is 5.39 Å². The lowest BCUT2D eigenvalue weighted by Crippen LogP contribution is -2.08. The molecule has 2 aromatic carbocycles. The maximum Gasteiger partial charge on any atom is 0.352 e. The van der Waals surface area contributed by atoms with Crippen molar-refractivity contribution in [1.29, 1.82) is 0 Å². The van der Waals surface area contributed by atoms with Gasteiger partial charge in [-0.1, -0.05) is 42.5 Å². The summed E-state index contributed by atoms with van der Waals surface area (Å²) in [5, 5.41) is 11.7. The van der Waals surface area contributed by atoms with Crippen LogP contribution in [0.1, 0.15) is 29.4 Å². The Morgan fingerprint density at radius 3 is 2.52 bits per heavy atom. The summed E-state index contributed by atoms with van der Waals surface area (Å²) in [5.74, 6) is -0.853. The zero-order valence-corrected chi connectivity index (χ0v) is 11.5. The molecule has 3 aromatic rings. The fourth-order valence-corrected chi connectivity index (χ4v) is 3.02. The molecule has 1 N–H and O–H groups in total. The number of benzene rings is 2. The summed E-state index contributed by atoms with van der Waals surface area (Å²) in [7, 11) is 0. The van der Waals surface area contributed by atoms with Gasteiger partial charge in [-0.2, -0.15) is 0 Å². The molecule has 104 valence electrons. The third kappa shape index (κ3) is 1.93. The Balaban J connectivity index is 1.99. The summed E-state index contributed by atoms with van der Waals surface area (Å²) in [6.45, 7) is 0. The number of hydrogen-bond donors (Lipinski definition) is 1. The molecule has 0 spiro atoms. The highest BCUT2D eigenvalue weighted by Crippen LogP contribution is 2.41. The Labute approximate surface area is 122 Å². The number of carboxylic acid groups (broad SMARTS) is 1. The van der Waals surface area contributed by atoms with Crippen molar-refractivity contribution in [3.05, 3.63) is 60.3 Å². The quantitative estimate of drug-likeness (QED) is 0.773. The van der Waals surface area contributed by atoms with Gasteiger partial charge in [0.15, 0.2) is 0 Å². The second-order valence-corrected chi connectivity index (χ2v) is 5.54. The summed E-state index contributed by atoms with van der Waals surface area (Å²) in [6.07, 6.45) is 2.12. The van der Waals surface area contributed by atoms with Gasteiger partial charge in [0.25, 0.3) is 0 Å². The summed E-state index contributed by atoms with van der Waals surface area (Å²) >= 11 is 0. The van der Waals surface area contributed by atoms with Crippen molar-refractivity contribution in [3.8, 4) is 11.3 Å². The van der Waals surface area contributed by atoms with Crippen molar-refractivity contribution in [2.24, 2.45) is 0 Å². The van der Waals surface area contributed by atoms with E-state index in [4.69, 9.17) is 0 Å². The van der Waals surface area contributed by atoms with E-state index >= 15 is 0 Å². The SMILES string of the molecule is O=C(O)c1ccc(-c2cccc3ccccc23)n1C1CC1. The van der Waals surface area contributed by atoms with E-state index in [1.54, 1.807) is 6.07 Å². The molecule has 0 amide bonds. The predicted octanol–water partition coefficient (Wildman–Crippen LogP) is 4.34. The molecule has 4 rings (SSSR count). The van der Waals surface area contributed by atoms with E-state index in [0.717, 1.165) is 29.5 Å². The van der Waals surface area contributed by atoms with Gasteiger partial charge in [-0.3, -0.25) is 0 Å². The monoisotopic (exact) mass is 277 g/mol. The third-order valence-electron chi connectivity index (χ3n) is 4.11. The van der Waals surface area contributed by atoms with E-state index < -0.39 is 5.97 Å². The summed E-state index contributed by atoms with van der Waals surface area (Å²) < 4.78 is 1.99. The molecular formula is C18H15NO2. The summed E-state index contributed by atoms with van der Waals surface area (Å²) in [5.41, 5.74) is 2.50. The molecule has 0 radical (unpaired) electrons. The third-order valence-corrected chi connectivity index (χ3v) is 4.11. The van der Waals surface area contributed by atoms with Gasteiger partial charge in [-0.05, 0) is 35.7 Å². The normalized spacial score (nSPS) is 14.5. The lowest BCUT2D eigenvalue weighted by molar-refractivity contribution is 0.0685. The molecule has 1 aliphatic carbocycles. The number of fused-ring (bicyclic) bond motifs is 1. The molecule has 1 fully saturated rings. The highest BCUT2D eigenvalue weighted by molar-refractivity contribution is 5.97. The number of aromatic nitrogens is 1. The molecular weight excluding hydrogens is 262 g/mol. The summed E-state index contributed by atoms with van der Waals surface area (Å²) in [4.78, 5) is 11.4. The number of carbonyl (C=O) groups is 1. The largest absolute Gasteiger partial charge is 0.477 e. The maximum atomic E-state index is 11.4. The average Bonchev–Trinajstić information content (AvgIpc) is 3.25. The van der Waals surface area contributed by atoms with Crippen LogP contribution in [-0.2, 0) is 0 Å². The Bertz CT molecular complexity index is 838. The van der Waals surface area contributed by atoms with E-state index in [-0.39, 0.29) is 0 Å². The first-order valence-corrected chi connectivity index (χ1v) is 7.18. The van der Waals surface area contributed by atoms with Crippen LogP contribution in [0.2, 0.25) is 0 Å². The number of carboxylic acids is 1. The first-order valence-electron chi connectivity index (χ1n) is 7.18. The molecule has 0 atom stereocenters. The van der Waals surface area contributed by atoms with Crippen LogP contribution < -0.4 is 0 Å². The van der Waals surface area contributed by atoms with Gasteiger partial charge in [0.2, 0.25) is 0 Å². The minimum absolute atomic E-state index is 0.333. The first-order chi connectivity index (χ1) is 10.3. The van der Waals surface area contributed by atoms with Crippen LogP contribution in [0.25, 0.3) is 22.0 Å². The standard InChI is InChI=1S/C18H15NO2/c20-18(21)17-11-10-16(19(17)13-8-9-13)15-7-3-5-12-4-1-2-6-14(12)15/h1-7,10-11,13H,8-9H2,(H,20,21). The van der Waals surface area contributed by atoms with Crippen molar-refractivity contribution >= 4 is 16.7 Å². The Morgan fingerprint density at radius 1 is 1.00 bits per heavy atom. The topological polar surface area (TPSA) is 42.2 Å². The van der Waals surface area contributed by atoms with Crippen molar-refractivity contribution in [2.75, 3.05) is 0 Å². The maximum absolute atomic E-state index is 11.4. The van der Waals surface area contributed by atoms with Gasteiger partial charge in [0, 0.05) is 17.3 Å². The van der Waals surface area contributed by atoms with Crippen molar-refractivity contribution in [3.63, 3.8) is 0 Å². The predicted molar refractivity (Wildman–Crippen MR) is 82.6 cm³/mol. The highest BCUT2D eigenvalue weighted by atomic mass is 16.4. The van der Waals surface area contributed by atoms with Gasteiger partial charge in [-0.25, -0.2) is 4.79 Å². The van der Waals surface area contributed by atoms with E-state index in [1.807, 2.05) is 28.8 Å². The first kappa shape index (κ1) is 12.2. The molecule has 1 aromatic heterocycles. The zero-order chi connectivity index (χ0) is 14.4. The second-order valence-electron chi connectivity index (χ2n) is 5.54. The molecule has 0 saturated heterocycles. The van der Waals surface area contributed by atoms with Crippen molar-refractivity contribution < 1.29 is 9.90 Å². The van der Waals surface area contributed by atoms with E-state index in [2.05, 4.69) is 24.3 Å². The van der Waals surface area contributed by atoms with Crippen LogP contribution in [0.4, 0.5) is 0 Å². The van der Waals surface area contributed by atoms with Gasteiger partial charge in [-0.15, -0.1) is 0 Å². The average molecular weight is 277 g/mol. The van der Waals surface area contributed by atoms with E-state index in [9.17, 15) is 9.90 Å². The van der Waals surface area contributed by atoms with Gasteiger partial charge in [0.05, 0.1) is 0 Å². The number of rotatable bonds is 3. The number of nitrogens with zero attached hydrogens (tertiary/aromatic N) is 1. The van der Waals surface area contributed by atoms with Crippen LogP contribution >= 0.6 is 0 Å². The molecule has 0 unspecified atom stereocenters. The van der Waals surface area contributed by atoms with Crippen LogP contribution in [0.15, 0.2) is 54.6 Å². The number of hydrogen-bond acceptors (Lipinski definition) is 1. The van der Waals surface area contributed by atoms with Crippen LogP contribution in [0.5, 0.6) is 0 Å². The van der Waals surface area contributed by atoms with Gasteiger partial charge in [0.1, 0.15) is 5.69 Å². The van der Waals surface area contributed by atoms with Crippen LogP contribution in [0.3, 0.4) is 0 Å². The van der Waals surface area contributed by atoms with Crippen LogP contribution in [0, 0.1) is 0 Å². The second kappa shape index (κ2) is 4.48. The van der Waals surface area contributed by atoms with Crippen molar-refractivity contribution in [2.45, 2.75) is 18.9 Å². The fraction of sp³-hybridized carbons (Fsp3) is 0.167. The molecule has 1 heterocycles. The van der Waals surface area contributed by atoms with Gasteiger partial charge >= 0.3 is 5.97 Å². The molecule has 21 heavy (non-hydrogen) atoms. The molecule has 3 nitrogen and oxygen atoms in total. The van der Waals surface area contributed by atoms with E-state index in [0.29, 0.717) is 11.7 Å². The number of aromatic carboxylic acids is 1. The van der Waals surface area contributed by atoms with Crippen molar-refractivity contribution in [1.82, 2.24) is 4.57 Å². The van der Waals surface area contributed by atoms with Gasteiger partial charge < -0.3 is 9.67 Å². The summed E-state index contributed by atoms with van der Waals surface area (Å²) in [6, 6.07) is 18.4. The Morgan fingerprint density at radius 2 is 1.76 bits per heavy atom. The molecule has 1 saturated carbocycles. The molecule has 3 heteroatoms. The smallest absolute Gasteiger partial charge is 0.352 e. The highest BCUT2D eigenvalue weighted by Gasteiger charge is 2.30. The molecule has 0 aliphatic heterocycles. The molecule has 0 bridgehead atoms. The molecule has 1 aliphatic rings. The minimum Gasteiger partial charge on any atom is -0.477 e. The fourth-order valence-electron chi connectivity index (χ4n) is 3.02. The van der Waals surface area contributed by atoms with Crippen LogP contribution in [-0.4, -0.2) is 15.6 Å². The Kier molecular flexibility index (Phi) is 2.61. The Hall–Kier alpha value is -2.55. The lowest BCUT2D eigenvalue weighted by Gasteiger charge is -2.12. The minimum atomic E-state index is -0.853.